The third-order valence-corrected chi connectivity index (χ3v) is 3.62. The Morgan fingerprint density at radius 3 is 1.77 bits per heavy atom. The van der Waals surface area contributed by atoms with Gasteiger partial charge < -0.3 is 19.5 Å². The molecule has 0 aliphatic heterocycles. The fraction of sp³-hybridized carbons (Fsp3) is 0.250. The normalized spacial score (nSPS) is 19.7. The number of hydrogen-bond donors (Lipinski definition) is 2. The predicted octanol–water partition coefficient (Wildman–Crippen LogP) is 1.61. The maximum absolute atomic E-state index is 12.0. The van der Waals surface area contributed by atoms with Gasteiger partial charge in [0.2, 0.25) is 11.8 Å². The van der Waals surface area contributed by atoms with Gasteiger partial charge in [-0.1, -0.05) is 12.2 Å². The van der Waals surface area contributed by atoms with Crippen molar-refractivity contribution in [3.8, 4) is 0 Å². The summed E-state index contributed by atoms with van der Waals surface area (Å²) in [6, 6.07) is 7.05. The number of carbonyl (C=O) groups excluding carboxylic acids is 2. The number of amides is 2. The minimum Gasteiger partial charge on any atom is -0.467 e. The summed E-state index contributed by atoms with van der Waals surface area (Å²) >= 11 is 0. The second-order valence-electron chi connectivity index (χ2n) is 5.12. The van der Waals surface area contributed by atoms with Gasteiger partial charge in [-0.2, -0.15) is 0 Å². The molecule has 114 valence electrons. The molecule has 0 unspecified atom stereocenters. The van der Waals surface area contributed by atoms with Gasteiger partial charge in [-0.3, -0.25) is 9.59 Å². The molecule has 6 nitrogen and oxygen atoms in total. The van der Waals surface area contributed by atoms with Gasteiger partial charge in [-0.05, 0) is 24.3 Å². The van der Waals surface area contributed by atoms with Crippen molar-refractivity contribution in [2.45, 2.75) is 13.1 Å². The fourth-order valence-electron chi connectivity index (χ4n) is 2.35. The lowest BCUT2D eigenvalue weighted by Crippen LogP contribution is -2.29. The van der Waals surface area contributed by atoms with Crippen LogP contribution in [-0.2, 0) is 22.7 Å². The maximum atomic E-state index is 12.0. The molecule has 1 aliphatic carbocycles. The zero-order chi connectivity index (χ0) is 15.5. The monoisotopic (exact) mass is 300 g/mol. The predicted molar refractivity (Wildman–Crippen MR) is 77.2 cm³/mol. The third kappa shape index (κ3) is 2.95. The van der Waals surface area contributed by atoms with E-state index in [-0.39, 0.29) is 11.8 Å². The highest BCUT2D eigenvalue weighted by molar-refractivity contribution is 5.98. The quantitative estimate of drug-likeness (QED) is 0.794. The van der Waals surface area contributed by atoms with Gasteiger partial charge >= 0.3 is 0 Å². The molecule has 0 saturated heterocycles. The number of hydrogen-bond acceptors (Lipinski definition) is 4. The number of nitrogens with one attached hydrogen (secondary N) is 2. The molecule has 0 radical (unpaired) electrons. The lowest BCUT2D eigenvalue weighted by atomic mass is 10.2. The van der Waals surface area contributed by atoms with Gasteiger partial charge in [0.15, 0.2) is 0 Å². The van der Waals surface area contributed by atoms with E-state index >= 15 is 0 Å². The summed E-state index contributed by atoms with van der Waals surface area (Å²) < 4.78 is 10.3. The largest absolute Gasteiger partial charge is 0.467 e. The van der Waals surface area contributed by atoms with Crippen molar-refractivity contribution in [2.24, 2.45) is 11.8 Å². The molecule has 2 aromatic rings. The van der Waals surface area contributed by atoms with Crippen molar-refractivity contribution >= 4 is 11.8 Å². The van der Waals surface area contributed by atoms with Crippen LogP contribution in [0.2, 0.25) is 0 Å². The summed E-state index contributed by atoms with van der Waals surface area (Å²) in [5.41, 5.74) is 0.633. The number of carbonyl (C=O) groups is 2. The zero-order valence-corrected chi connectivity index (χ0v) is 11.9. The summed E-state index contributed by atoms with van der Waals surface area (Å²) in [5, 5.41) is 5.48. The molecule has 3 rings (SSSR count). The first-order chi connectivity index (χ1) is 10.7. The zero-order valence-electron chi connectivity index (χ0n) is 11.9. The van der Waals surface area contributed by atoms with E-state index in [0.717, 1.165) is 0 Å². The molecule has 2 N–H and O–H groups in total. The summed E-state index contributed by atoms with van der Waals surface area (Å²) in [4.78, 5) is 24.1. The molecule has 2 amide bonds. The van der Waals surface area contributed by atoms with Crippen molar-refractivity contribution in [1.82, 2.24) is 10.6 Å². The Hall–Kier alpha value is -2.76. The molecule has 1 fully saturated rings. The van der Waals surface area contributed by atoms with Crippen molar-refractivity contribution in [3.05, 3.63) is 60.5 Å². The first kappa shape index (κ1) is 14.2. The molecule has 2 atom stereocenters. The van der Waals surface area contributed by atoms with Crippen LogP contribution in [0.3, 0.4) is 0 Å². The third-order valence-electron chi connectivity index (χ3n) is 3.62. The standard InChI is InChI=1S/C16H16N2O4/c1-10-13(15(19)17-8-11-4-2-6-21-11)14(10)16(20)18-9-12-5-3-7-22-12/h2-7,13-14H,1,8-9H2,(H,17,19)(H,18,20)/t13-,14-/m1/s1. The Balaban J connectivity index is 1.47. The van der Waals surface area contributed by atoms with E-state index in [1.807, 2.05) is 0 Å². The highest BCUT2D eigenvalue weighted by atomic mass is 16.3. The summed E-state index contributed by atoms with van der Waals surface area (Å²) in [6.07, 6.45) is 3.09. The smallest absolute Gasteiger partial charge is 0.228 e. The van der Waals surface area contributed by atoms with E-state index in [2.05, 4.69) is 17.2 Å². The Bertz CT molecular complexity index is 615. The number of rotatable bonds is 6. The second kappa shape index (κ2) is 5.93. The molecular formula is C16H16N2O4. The molecule has 2 heterocycles. The Labute approximate surface area is 127 Å². The van der Waals surface area contributed by atoms with Crippen LogP contribution in [-0.4, -0.2) is 11.8 Å². The molecule has 0 bridgehead atoms. The second-order valence-corrected chi connectivity index (χ2v) is 5.12. The van der Waals surface area contributed by atoms with Crippen LogP contribution in [0.15, 0.2) is 57.8 Å². The van der Waals surface area contributed by atoms with Gasteiger partial charge in [-0.15, -0.1) is 0 Å². The van der Waals surface area contributed by atoms with E-state index in [1.165, 1.54) is 0 Å². The average molecular weight is 300 g/mol. The van der Waals surface area contributed by atoms with Gasteiger partial charge in [0.05, 0.1) is 37.5 Å². The van der Waals surface area contributed by atoms with E-state index in [0.29, 0.717) is 30.2 Å². The van der Waals surface area contributed by atoms with E-state index in [9.17, 15) is 9.59 Å². The van der Waals surface area contributed by atoms with Gasteiger partial charge in [0, 0.05) is 0 Å². The van der Waals surface area contributed by atoms with E-state index in [4.69, 9.17) is 8.83 Å². The first-order valence-corrected chi connectivity index (χ1v) is 6.95. The van der Waals surface area contributed by atoms with Crippen molar-refractivity contribution in [2.75, 3.05) is 0 Å². The molecular weight excluding hydrogens is 284 g/mol. The maximum Gasteiger partial charge on any atom is 0.228 e. The van der Waals surface area contributed by atoms with Crippen LogP contribution in [0.1, 0.15) is 11.5 Å². The molecule has 1 saturated carbocycles. The molecule has 22 heavy (non-hydrogen) atoms. The Morgan fingerprint density at radius 2 is 1.41 bits per heavy atom. The van der Waals surface area contributed by atoms with Crippen LogP contribution >= 0.6 is 0 Å². The van der Waals surface area contributed by atoms with Crippen LogP contribution in [0.5, 0.6) is 0 Å². The summed E-state index contributed by atoms with van der Waals surface area (Å²) in [5.74, 6) is -0.0194. The SMILES string of the molecule is C=C1[C@@H](C(=O)NCc2ccco2)[C@@H]1C(=O)NCc1ccco1. The molecule has 0 aromatic carbocycles. The Kier molecular flexibility index (Phi) is 3.82. The topological polar surface area (TPSA) is 84.5 Å². The van der Waals surface area contributed by atoms with E-state index in [1.54, 1.807) is 36.8 Å². The van der Waals surface area contributed by atoms with Crippen LogP contribution in [0.4, 0.5) is 0 Å². The summed E-state index contributed by atoms with van der Waals surface area (Å²) in [6.45, 7) is 4.40. The fourth-order valence-corrected chi connectivity index (χ4v) is 2.35. The molecule has 1 aliphatic rings. The van der Waals surface area contributed by atoms with Crippen molar-refractivity contribution in [1.29, 1.82) is 0 Å². The lowest BCUT2D eigenvalue weighted by molar-refractivity contribution is -0.127. The van der Waals surface area contributed by atoms with Crippen LogP contribution < -0.4 is 10.6 Å². The van der Waals surface area contributed by atoms with Crippen molar-refractivity contribution in [3.63, 3.8) is 0 Å². The van der Waals surface area contributed by atoms with Gasteiger partial charge in [-0.25, -0.2) is 0 Å². The molecule has 0 spiro atoms. The average Bonchev–Trinajstić information content (AvgIpc) is 2.98. The first-order valence-electron chi connectivity index (χ1n) is 6.95. The Morgan fingerprint density at radius 1 is 0.955 bits per heavy atom. The van der Waals surface area contributed by atoms with Crippen molar-refractivity contribution < 1.29 is 18.4 Å². The summed E-state index contributed by atoms with van der Waals surface area (Å²) in [7, 11) is 0. The van der Waals surface area contributed by atoms with Crippen LogP contribution in [0.25, 0.3) is 0 Å². The van der Waals surface area contributed by atoms with Crippen LogP contribution in [0, 0.1) is 11.8 Å². The number of furan rings is 2. The molecule has 2 aromatic heterocycles. The minimum absolute atomic E-state index is 0.209. The lowest BCUT2D eigenvalue weighted by Gasteiger charge is -2.03. The van der Waals surface area contributed by atoms with E-state index < -0.39 is 11.8 Å². The molecule has 6 heteroatoms. The highest BCUT2D eigenvalue weighted by Gasteiger charge is 2.52. The highest BCUT2D eigenvalue weighted by Crippen LogP contribution is 2.44. The minimum atomic E-state index is -0.466. The van der Waals surface area contributed by atoms with Gasteiger partial charge in [0.25, 0.3) is 0 Å². The van der Waals surface area contributed by atoms with Gasteiger partial charge in [0.1, 0.15) is 11.5 Å².